The second-order valence-corrected chi connectivity index (χ2v) is 6.64. The third kappa shape index (κ3) is 5.28. The predicted octanol–water partition coefficient (Wildman–Crippen LogP) is 6.57. The highest BCUT2D eigenvalue weighted by Crippen LogP contribution is 2.33. The molecule has 0 radical (unpaired) electrons. The number of azo groups is 1. The molecule has 0 aliphatic heterocycles. The summed E-state index contributed by atoms with van der Waals surface area (Å²) in [6.45, 7) is 0. The number of benzene rings is 3. The van der Waals surface area contributed by atoms with Crippen molar-refractivity contribution in [1.29, 1.82) is 0 Å². The summed E-state index contributed by atoms with van der Waals surface area (Å²) in [6.07, 6.45) is 1.11. The zero-order valence-corrected chi connectivity index (χ0v) is 16.8. The molecule has 0 aliphatic carbocycles. The average Bonchev–Trinajstić information content (AvgIpc) is 2.82. The Morgan fingerprint density at radius 3 is 1.94 bits per heavy atom. The van der Waals surface area contributed by atoms with E-state index in [0.717, 1.165) is 18.5 Å². The first-order chi connectivity index (χ1) is 16.0. The molecule has 164 valence electrons. The maximum Gasteiger partial charge on any atom is 0.353 e. The molecule has 0 saturated carbocycles. The van der Waals surface area contributed by atoms with Crippen molar-refractivity contribution in [3.05, 3.63) is 101 Å². The second kappa shape index (κ2) is 9.56. The van der Waals surface area contributed by atoms with Crippen LogP contribution in [0.5, 0.6) is 0 Å². The first kappa shape index (κ1) is 21.4. The van der Waals surface area contributed by atoms with Crippen molar-refractivity contribution in [2.45, 2.75) is 0 Å². The summed E-state index contributed by atoms with van der Waals surface area (Å²) in [5, 5.41) is 25.5. The molecule has 0 saturated heterocycles. The summed E-state index contributed by atoms with van der Waals surface area (Å²) in [5.74, 6) is -2.40. The van der Waals surface area contributed by atoms with Gasteiger partial charge in [0.1, 0.15) is 6.33 Å². The minimum Gasteiger partial charge on any atom is -0.334 e. The van der Waals surface area contributed by atoms with Crippen molar-refractivity contribution in [1.82, 2.24) is 9.97 Å². The fraction of sp³-hybridized carbons (Fsp3) is 0. The van der Waals surface area contributed by atoms with Crippen LogP contribution in [0.25, 0.3) is 0 Å². The SMILES string of the molecule is O=[N+]([O-])c1c(Nc2ccc(N=Nc3ccccc3)cc2)ncnc1Nc1ccc(F)c(F)c1. The van der Waals surface area contributed by atoms with Gasteiger partial charge in [-0.15, -0.1) is 0 Å². The highest BCUT2D eigenvalue weighted by molar-refractivity contribution is 5.77. The molecule has 1 heterocycles. The molecule has 0 bridgehead atoms. The van der Waals surface area contributed by atoms with Gasteiger partial charge < -0.3 is 10.6 Å². The average molecular weight is 447 g/mol. The summed E-state index contributed by atoms with van der Waals surface area (Å²) < 4.78 is 26.6. The van der Waals surface area contributed by atoms with Crippen LogP contribution in [0, 0.1) is 21.7 Å². The molecule has 3 aromatic carbocycles. The molecule has 0 unspecified atom stereocenters. The van der Waals surface area contributed by atoms with Crippen molar-refractivity contribution in [2.24, 2.45) is 10.2 Å². The summed E-state index contributed by atoms with van der Waals surface area (Å²) in [5.41, 5.74) is 1.43. The molecule has 2 N–H and O–H groups in total. The van der Waals surface area contributed by atoms with Crippen LogP contribution in [-0.2, 0) is 0 Å². The molecule has 9 nitrogen and oxygen atoms in total. The standard InChI is InChI=1S/C22H15F2N7O2/c23-18-11-10-17(12-19(18)24)28-22-20(31(32)33)21(25-13-26-22)27-14-6-8-16(9-7-14)30-29-15-4-2-1-3-5-15/h1-13H,(H2,25,26,27,28). The lowest BCUT2D eigenvalue weighted by Crippen LogP contribution is -2.05. The van der Waals surface area contributed by atoms with E-state index in [2.05, 4.69) is 30.8 Å². The molecule has 0 atom stereocenters. The molecule has 11 heteroatoms. The van der Waals surface area contributed by atoms with Gasteiger partial charge in [0.15, 0.2) is 11.6 Å². The molecule has 33 heavy (non-hydrogen) atoms. The van der Waals surface area contributed by atoms with Crippen LogP contribution < -0.4 is 10.6 Å². The van der Waals surface area contributed by atoms with Gasteiger partial charge in [-0.2, -0.15) is 10.2 Å². The maximum absolute atomic E-state index is 13.5. The lowest BCUT2D eigenvalue weighted by atomic mass is 10.2. The van der Waals surface area contributed by atoms with Gasteiger partial charge in [0.05, 0.1) is 16.3 Å². The van der Waals surface area contributed by atoms with E-state index in [-0.39, 0.29) is 17.3 Å². The molecule has 4 rings (SSSR count). The first-order valence-electron chi connectivity index (χ1n) is 9.55. The summed E-state index contributed by atoms with van der Waals surface area (Å²) in [4.78, 5) is 18.8. The fourth-order valence-corrected chi connectivity index (χ4v) is 2.80. The third-order valence-corrected chi connectivity index (χ3v) is 4.35. The largest absolute Gasteiger partial charge is 0.353 e. The molecule has 0 fully saturated rings. The first-order valence-corrected chi connectivity index (χ1v) is 9.55. The zero-order chi connectivity index (χ0) is 23.2. The lowest BCUT2D eigenvalue weighted by molar-refractivity contribution is -0.383. The van der Waals surface area contributed by atoms with Gasteiger partial charge in [-0.05, 0) is 48.5 Å². The highest BCUT2D eigenvalue weighted by Gasteiger charge is 2.23. The van der Waals surface area contributed by atoms with E-state index in [4.69, 9.17) is 0 Å². The molecule has 0 aliphatic rings. The molecule has 1 aromatic heterocycles. The van der Waals surface area contributed by atoms with Crippen LogP contribution in [-0.4, -0.2) is 14.9 Å². The quantitative estimate of drug-likeness (QED) is 0.188. The van der Waals surface area contributed by atoms with Crippen LogP contribution in [0.1, 0.15) is 0 Å². The minimum atomic E-state index is -1.10. The van der Waals surface area contributed by atoms with Gasteiger partial charge in [-0.3, -0.25) is 10.1 Å². The van der Waals surface area contributed by atoms with Gasteiger partial charge in [0.25, 0.3) is 0 Å². The van der Waals surface area contributed by atoms with E-state index in [1.54, 1.807) is 24.3 Å². The van der Waals surface area contributed by atoms with E-state index < -0.39 is 22.2 Å². The van der Waals surface area contributed by atoms with Gasteiger partial charge in [0.2, 0.25) is 11.6 Å². The summed E-state index contributed by atoms with van der Waals surface area (Å²) in [6, 6.07) is 18.9. The lowest BCUT2D eigenvalue weighted by Gasteiger charge is -2.10. The number of rotatable bonds is 7. The van der Waals surface area contributed by atoms with Crippen LogP contribution in [0.2, 0.25) is 0 Å². The molecule has 0 spiro atoms. The van der Waals surface area contributed by atoms with Crippen LogP contribution in [0.4, 0.5) is 48.9 Å². The topological polar surface area (TPSA) is 118 Å². The molecular weight excluding hydrogens is 432 g/mol. The molecule has 0 amide bonds. The number of nitro groups is 1. The van der Waals surface area contributed by atoms with Crippen LogP contribution in [0.15, 0.2) is 89.4 Å². The number of anilines is 4. The van der Waals surface area contributed by atoms with Crippen LogP contribution >= 0.6 is 0 Å². The van der Waals surface area contributed by atoms with E-state index in [9.17, 15) is 18.9 Å². The number of nitrogens with one attached hydrogen (secondary N) is 2. The highest BCUT2D eigenvalue weighted by atomic mass is 19.2. The van der Waals surface area contributed by atoms with Gasteiger partial charge >= 0.3 is 5.69 Å². The maximum atomic E-state index is 13.5. The Bertz CT molecular complexity index is 1320. The minimum absolute atomic E-state index is 0.0845. The normalized spacial score (nSPS) is 10.8. The number of halogens is 2. The summed E-state index contributed by atoms with van der Waals surface area (Å²) >= 11 is 0. The molecular formula is C22H15F2N7O2. The van der Waals surface area contributed by atoms with Gasteiger partial charge in [-0.1, -0.05) is 18.2 Å². The van der Waals surface area contributed by atoms with E-state index in [1.807, 2.05) is 30.3 Å². The number of hydrogen-bond acceptors (Lipinski definition) is 8. The zero-order valence-electron chi connectivity index (χ0n) is 16.8. The number of nitrogens with zero attached hydrogens (tertiary/aromatic N) is 5. The van der Waals surface area contributed by atoms with E-state index >= 15 is 0 Å². The van der Waals surface area contributed by atoms with Crippen molar-refractivity contribution in [3.63, 3.8) is 0 Å². The van der Waals surface area contributed by atoms with Crippen LogP contribution in [0.3, 0.4) is 0 Å². The summed E-state index contributed by atoms with van der Waals surface area (Å²) in [7, 11) is 0. The van der Waals surface area contributed by atoms with Gasteiger partial charge in [-0.25, -0.2) is 18.7 Å². The Hall–Kier alpha value is -4.80. The van der Waals surface area contributed by atoms with Gasteiger partial charge in [0, 0.05) is 17.4 Å². The molecule has 4 aromatic rings. The Kier molecular flexibility index (Phi) is 6.21. The fourth-order valence-electron chi connectivity index (χ4n) is 2.80. The Balaban J connectivity index is 1.55. The Morgan fingerprint density at radius 2 is 1.33 bits per heavy atom. The second-order valence-electron chi connectivity index (χ2n) is 6.64. The number of aromatic nitrogens is 2. The third-order valence-electron chi connectivity index (χ3n) is 4.35. The van der Waals surface area contributed by atoms with E-state index in [1.165, 1.54) is 6.07 Å². The van der Waals surface area contributed by atoms with Crippen molar-refractivity contribution < 1.29 is 13.7 Å². The monoisotopic (exact) mass is 447 g/mol. The number of hydrogen-bond donors (Lipinski definition) is 2. The predicted molar refractivity (Wildman–Crippen MR) is 119 cm³/mol. The van der Waals surface area contributed by atoms with E-state index in [0.29, 0.717) is 17.1 Å². The van der Waals surface area contributed by atoms with Crippen molar-refractivity contribution in [3.8, 4) is 0 Å². The van der Waals surface area contributed by atoms with Crippen molar-refractivity contribution >= 4 is 40.1 Å². The Morgan fingerprint density at radius 1 is 0.758 bits per heavy atom. The smallest absolute Gasteiger partial charge is 0.334 e. The van der Waals surface area contributed by atoms with Crippen molar-refractivity contribution in [2.75, 3.05) is 10.6 Å². The Labute approximate surface area is 186 Å².